The molecule has 0 aromatic heterocycles. The van der Waals surface area contributed by atoms with Crippen molar-refractivity contribution in [3.05, 3.63) is 0 Å². The van der Waals surface area contributed by atoms with Crippen LogP contribution in [0.4, 0.5) is 0 Å². The van der Waals surface area contributed by atoms with Gasteiger partial charge in [-0.05, 0) is 25.2 Å². The molecule has 0 radical (unpaired) electrons. The van der Waals surface area contributed by atoms with Crippen LogP contribution in [-0.2, 0) is 4.79 Å². The van der Waals surface area contributed by atoms with Crippen LogP contribution in [-0.4, -0.2) is 30.1 Å². The van der Waals surface area contributed by atoms with E-state index in [1.165, 1.54) is 32.1 Å². The van der Waals surface area contributed by atoms with Crippen molar-refractivity contribution < 1.29 is 4.79 Å². The standard InChI is InChI=1S/C13H24N2O/c1-2-6-12-14-9-13(16)15(12)10-11-7-4-3-5-8-11/h11-12,14H,2-10H2,1H3. The smallest absolute Gasteiger partial charge is 0.237 e. The van der Waals surface area contributed by atoms with Crippen LogP contribution in [0.25, 0.3) is 0 Å². The molecule has 0 spiro atoms. The second-order valence-corrected chi connectivity index (χ2v) is 5.24. The van der Waals surface area contributed by atoms with Crippen LogP contribution in [0.1, 0.15) is 51.9 Å². The normalized spacial score (nSPS) is 27.7. The zero-order valence-electron chi connectivity index (χ0n) is 10.4. The summed E-state index contributed by atoms with van der Waals surface area (Å²) in [6.45, 7) is 3.73. The highest BCUT2D eigenvalue weighted by molar-refractivity contribution is 5.80. The van der Waals surface area contributed by atoms with E-state index in [2.05, 4.69) is 17.1 Å². The number of nitrogens with zero attached hydrogens (tertiary/aromatic N) is 1. The van der Waals surface area contributed by atoms with Gasteiger partial charge < -0.3 is 4.90 Å². The summed E-state index contributed by atoms with van der Waals surface area (Å²) in [5, 5.41) is 3.32. The quantitative estimate of drug-likeness (QED) is 0.793. The Labute approximate surface area is 98.6 Å². The molecule has 1 atom stereocenters. The number of rotatable bonds is 4. The third-order valence-electron chi connectivity index (χ3n) is 3.93. The first-order chi connectivity index (χ1) is 7.81. The molecule has 1 unspecified atom stereocenters. The molecule has 3 heteroatoms. The topological polar surface area (TPSA) is 32.3 Å². The van der Waals surface area contributed by atoms with Crippen molar-refractivity contribution in [2.24, 2.45) is 5.92 Å². The van der Waals surface area contributed by atoms with Crippen LogP contribution in [0, 0.1) is 5.92 Å². The zero-order chi connectivity index (χ0) is 11.4. The Balaban J connectivity index is 1.87. The Morgan fingerprint density at radius 2 is 2.06 bits per heavy atom. The fourth-order valence-corrected chi connectivity index (χ4v) is 3.00. The van der Waals surface area contributed by atoms with Gasteiger partial charge in [0.1, 0.15) is 0 Å². The van der Waals surface area contributed by atoms with Gasteiger partial charge in [0, 0.05) is 6.54 Å². The lowest BCUT2D eigenvalue weighted by molar-refractivity contribution is -0.128. The molecule has 1 heterocycles. The summed E-state index contributed by atoms with van der Waals surface area (Å²) in [7, 11) is 0. The summed E-state index contributed by atoms with van der Waals surface area (Å²) in [6.07, 6.45) is 9.31. The summed E-state index contributed by atoms with van der Waals surface area (Å²) in [5.41, 5.74) is 0. The monoisotopic (exact) mass is 224 g/mol. The average Bonchev–Trinajstić information content (AvgIpc) is 2.64. The minimum Gasteiger partial charge on any atom is -0.326 e. The maximum atomic E-state index is 11.8. The SMILES string of the molecule is CCCC1NCC(=O)N1CC1CCCCC1. The number of carbonyl (C=O) groups is 1. The summed E-state index contributed by atoms with van der Waals surface area (Å²) in [5.74, 6) is 1.07. The second kappa shape index (κ2) is 5.67. The van der Waals surface area contributed by atoms with Crippen LogP contribution >= 0.6 is 0 Å². The molecule has 0 bridgehead atoms. The van der Waals surface area contributed by atoms with E-state index in [-0.39, 0.29) is 0 Å². The van der Waals surface area contributed by atoms with E-state index in [4.69, 9.17) is 0 Å². The predicted octanol–water partition coefficient (Wildman–Crippen LogP) is 2.12. The van der Waals surface area contributed by atoms with E-state index >= 15 is 0 Å². The Hall–Kier alpha value is -0.570. The molecule has 1 aliphatic carbocycles. The fourth-order valence-electron chi connectivity index (χ4n) is 3.00. The predicted molar refractivity (Wildman–Crippen MR) is 65.0 cm³/mol. The number of hydrogen-bond acceptors (Lipinski definition) is 2. The fraction of sp³-hybridized carbons (Fsp3) is 0.923. The van der Waals surface area contributed by atoms with Crippen LogP contribution in [0.15, 0.2) is 0 Å². The molecule has 0 aromatic carbocycles. The highest BCUT2D eigenvalue weighted by atomic mass is 16.2. The third-order valence-corrected chi connectivity index (χ3v) is 3.93. The molecular formula is C13H24N2O. The number of hydrogen-bond donors (Lipinski definition) is 1. The molecule has 1 amide bonds. The van der Waals surface area contributed by atoms with E-state index in [0.29, 0.717) is 18.6 Å². The number of carbonyl (C=O) groups excluding carboxylic acids is 1. The molecule has 1 saturated carbocycles. The molecule has 1 saturated heterocycles. The minimum atomic E-state index is 0.309. The summed E-state index contributed by atoms with van der Waals surface area (Å²) >= 11 is 0. The first-order valence-electron chi connectivity index (χ1n) is 6.84. The minimum absolute atomic E-state index is 0.309. The Kier molecular flexibility index (Phi) is 4.22. The second-order valence-electron chi connectivity index (χ2n) is 5.24. The van der Waals surface area contributed by atoms with Gasteiger partial charge in [-0.15, -0.1) is 0 Å². The lowest BCUT2D eigenvalue weighted by Gasteiger charge is -2.30. The van der Waals surface area contributed by atoms with Gasteiger partial charge in [0.15, 0.2) is 0 Å². The molecule has 0 aromatic rings. The molecular weight excluding hydrogens is 200 g/mol. The van der Waals surface area contributed by atoms with Crippen molar-refractivity contribution in [3.63, 3.8) is 0 Å². The van der Waals surface area contributed by atoms with Gasteiger partial charge in [0.2, 0.25) is 5.91 Å². The van der Waals surface area contributed by atoms with E-state index < -0.39 is 0 Å². The lowest BCUT2D eigenvalue weighted by atomic mass is 9.89. The molecule has 92 valence electrons. The van der Waals surface area contributed by atoms with Crippen molar-refractivity contribution in [1.82, 2.24) is 10.2 Å². The highest BCUT2D eigenvalue weighted by Crippen LogP contribution is 2.26. The van der Waals surface area contributed by atoms with Gasteiger partial charge in [-0.2, -0.15) is 0 Å². The largest absolute Gasteiger partial charge is 0.326 e. The van der Waals surface area contributed by atoms with Crippen molar-refractivity contribution >= 4 is 5.91 Å². The number of amides is 1. The van der Waals surface area contributed by atoms with Crippen molar-refractivity contribution in [2.45, 2.75) is 58.0 Å². The van der Waals surface area contributed by atoms with Gasteiger partial charge in [0.25, 0.3) is 0 Å². The first-order valence-corrected chi connectivity index (χ1v) is 6.84. The Bertz CT molecular complexity index is 236. The third kappa shape index (κ3) is 2.76. The summed E-state index contributed by atoms with van der Waals surface area (Å²) in [4.78, 5) is 13.9. The molecule has 1 N–H and O–H groups in total. The van der Waals surface area contributed by atoms with Gasteiger partial charge in [-0.3, -0.25) is 10.1 Å². The van der Waals surface area contributed by atoms with Crippen LogP contribution in [0.3, 0.4) is 0 Å². The van der Waals surface area contributed by atoms with Gasteiger partial charge in [0.05, 0.1) is 12.7 Å². The maximum Gasteiger partial charge on any atom is 0.237 e. The Morgan fingerprint density at radius 3 is 2.75 bits per heavy atom. The van der Waals surface area contributed by atoms with Crippen molar-refractivity contribution in [2.75, 3.05) is 13.1 Å². The van der Waals surface area contributed by atoms with Gasteiger partial charge in [-0.1, -0.05) is 32.6 Å². The average molecular weight is 224 g/mol. The molecule has 16 heavy (non-hydrogen) atoms. The van der Waals surface area contributed by atoms with E-state index in [9.17, 15) is 4.79 Å². The Morgan fingerprint density at radius 1 is 1.31 bits per heavy atom. The maximum absolute atomic E-state index is 11.8. The van der Waals surface area contributed by atoms with E-state index in [1.54, 1.807) is 0 Å². The van der Waals surface area contributed by atoms with Gasteiger partial charge >= 0.3 is 0 Å². The lowest BCUT2D eigenvalue weighted by Crippen LogP contribution is -2.40. The first kappa shape index (κ1) is 11.9. The molecule has 2 rings (SSSR count). The molecule has 3 nitrogen and oxygen atoms in total. The molecule has 1 aliphatic heterocycles. The van der Waals surface area contributed by atoms with Gasteiger partial charge in [-0.25, -0.2) is 0 Å². The van der Waals surface area contributed by atoms with Crippen LogP contribution in [0.5, 0.6) is 0 Å². The molecule has 2 fully saturated rings. The van der Waals surface area contributed by atoms with Crippen LogP contribution < -0.4 is 5.32 Å². The van der Waals surface area contributed by atoms with Crippen LogP contribution in [0.2, 0.25) is 0 Å². The summed E-state index contributed by atoms with van der Waals surface area (Å²) in [6, 6.07) is 0. The van der Waals surface area contributed by atoms with E-state index in [1.807, 2.05) is 0 Å². The van der Waals surface area contributed by atoms with Crippen molar-refractivity contribution in [1.29, 1.82) is 0 Å². The van der Waals surface area contributed by atoms with E-state index in [0.717, 1.165) is 25.3 Å². The summed E-state index contributed by atoms with van der Waals surface area (Å²) < 4.78 is 0. The van der Waals surface area contributed by atoms with Crippen molar-refractivity contribution in [3.8, 4) is 0 Å². The molecule has 2 aliphatic rings. The highest BCUT2D eigenvalue weighted by Gasteiger charge is 2.31. The zero-order valence-corrected chi connectivity index (χ0v) is 10.4. The number of nitrogens with one attached hydrogen (secondary N) is 1.